The average Bonchev–Trinajstić information content (AvgIpc) is 2.46. The summed E-state index contributed by atoms with van der Waals surface area (Å²) in [5.74, 6) is 1.19. The highest BCUT2D eigenvalue weighted by Gasteiger charge is 2.11. The number of ether oxygens (including phenoxy) is 2. The van der Waals surface area contributed by atoms with E-state index in [1.54, 1.807) is 7.11 Å². The maximum Gasteiger partial charge on any atom is 0.200 e. The maximum atomic E-state index is 12.1. The number of Topliss-reactive ketones (excluding diaryl/α,β-unsaturated/α-hetero) is 1. The number of hydrogen-bond donors (Lipinski definition) is 0. The van der Waals surface area contributed by atoms with Gasteiger partial charge in [0.15, 0.2) is 23.9 Å². The number of methoxy groups -OCH3 is 1. The molecule has 0 aliphatic rings. The van der Waals surface area contributed by atoms with E-state index in [-0.39, 0.29) is 12.4 Å². The van der Waals surface area contributed by atoms with Crippen molar-refractivity contribution in [3.8, 4) is 11.5 Å². The lowest BCUT2D eigenvalue weighted by Crippen LogP contribution is -2.13. The van der Waals surface area contributed by atoms with Gasteiger partial charge in [0.25, 0.3) is 0 Å². The van der Waals surface area contributed by atoms with Crippen molar-refractivity contribution in [2.45, 2.75) is 13.8 Å². The van der Waals surface area contributed by atoms with Gasteiger partial charge in [-0.05, 0) is 37.1 Å². The fraction of sp³-hybridized carbons (Fsp3) is 0.235. The summed E-state index contributed by atoms with van der Waals surface area (Å²) in [6.45, 7) is 3.90. The van der Waals surface area contributed by atoms with E-state index in [0.717, 1.165) is 11.1 Å². The lowest BCUT2D eigenvalue weighted by molar-refractivity contribution is 0.0919. The molecule has 0 saturated carbocycles. The van der Waals surface area contributed by atoms with Crippen molar-refractivity contribution in [2.75, 3.05) is 13.7 Å². The number of hydrogen-bond acceptors (Lipinski definition) is 3. The smallest absolute Gasteiger partial charge is 0.200 e. The van der Waals surface area contributed by atoms with Crippen LogP contribution in [0.25, 0.3) is 0 Å². The number of carbonyl (C=O) groups excluding carboxylic acids is 1. The van der Waals surface area contributed by atoms with Crippen LogP contribution in [0.15, 0.2) is 42.5 Å². The van der Waals surface area contributed by atoms with E-state index in [1.165, 1.54) is 0 Å². The summed E-state index contributed by atoms with van der Waals surface area (Å²) in [5.41, 5.74) is 2.73. The normalized spacial score (nSPS) is 10.2. The van der Waals surface area contributed by atoms with Gasteiger partial charge in [0.1, 0.15) is 0 Å². The van der Waals surface area contributed by atoms with Crippen molar-refractivity contribution in [1.29, 1.82) is 0 Å². The Morgan fingerprint density at radius 3 is 2.50 bits per heavy atom. The zero-order valence-corrected chi connectivity index (χ0v) is 12.0. The molecule has 0 aromatic heterocycles. The zero-order valence-electron chi connectivity index (χ0n) is 12.0. The van der Waals surface area contributed by atoms with Crippen molar-refractivity contribution in [1.82, 2.24) is 0 Å². The summed E-state index contributed by atoms with van der Waals surface area (Å²) in [5, 5.41) is 0. The van der Waals surface area contributed by atoms with Crippen LogP contribution in [-0.2, 0) is 0 Å². The minimum absolute atomic E-state index is 0.00424. The Labute approximate surface area is 119 Å². The molecular weight excluding hydrogens is 252 g/mol. The molecule has 2 aromatic rings. The topological polar surface area (TPSA) is 35.5 Å². The van der Waals surface area contributed by atoms with Crippen LogP contribution in [0.3, 0.4) is 0 Å². The monoisotopic (exact) mass is 270 g/mol. The summed E-state index contributed by atoms with van der Waals surface area (Å²) in [4.78, 5) is 12.1. The molecule has 0 unspecified atom stereocenters. The molecule has 3 heteroatoms. The highest BCUT2D eigenvalue weighted by Crippen LogP contribution is 2.27. The summed E-state index contributed by atoms with van der Waals surface area (Å²) >= 11 is 0. The fourth-order valence-electron chi connectivity index (χ4n) is 2.00. The Morgan fingerprint density at radius 2 is 1.80 bits per heavy atom. The predicted octanol–water partition coefficient (Wildman–Crippen LogP) is 3.57. The number of ketones is 1. The number of rotatable bonds is 5. The Morgan fingerprint density at radius 1 is 1.05 bits per heavy atom. The molecule has 0 N–H and O–H groups in total. The van der Waals surface area contributed by atoms with Crippen LogP contribution in [0.4, 0.5) is 0 Å². The van der Waals surface area contributed by atoms with Gasteiger partial charge >= 0.3 is 0 Å². The quantitative estimate of drug-likeness (QED) is 0.779. The first-order valence-electron chi connectivity index (χ1n) is 6.48. The van der Waals surface area contributed by atoms with Gasteiger partial charge in [-0.1, -0.05) is 30.3 Å². The molecule has 0 bridgehead atoms. The largest absolute Gasteiger partial charge is 0.493 e. The molecule has 104 valence electrons. The summed E-state index contributed by atoms with van der Waals surface area (Å²) in [7, 11) is 1.59. The highest BCUT2D eigenvalue weighted by atomic mass is 16.5. The first-order valence-corrected chi connectivity index (χ1v) is 6.48. The molecule has 0 amide bonds. The van der Waals surface area contributed by atoms with Crippen LogP contribution in [0.1, 0.15) is 21.5 Å². The number of carbonyl (C=O) groups is 1. The third-order valence-corrected chi connectivity index (χ3v) is 3.12. The van der Waals surface area contributed by atoms with Gasteiger partial charge in [0.05, 0.1) is 7.11 Å². The second kappa shape index (κ2) is 6.24. The van der Waals surface area contributed by atoms with Crippen molar-refractivity contribution >= 4 is 5.78 Å². The molecule has 0 aliphatic carbocycles. The van der Waals surface area contributed by atoms with Crippen LogP contribution in [0, 0.1) is 13.8 Å². The maximum absolute atomic E-state index is 12.1. The molecule has 0 spiro atoms. The van der Waals surface area contributed by atoms with E-state index < -0.39 is 0 Å². The van der Waals surface area contributed by atoms with E-state index in [1.807, 2.05) is 56.3 Å². The van der Waals surface area contributed by atoms with Gasteiger partial charge in [0.2, 0.25) is 0 Å². The van der Waals surface area contributed by atoms with Crippen molar-refractivity contribution in [3.63, 3.8) is 0 Å². The molecule has 2 rings (SSSR count). The van der Waals surface area contributed by atoms with Crippen LogP contribution < -0.4 is 9.47 Å². The lowest BCUT2D eigenvalue weighted by atomic mass is 10.1. The van der Waals surface area contributed by atoms with Crippen LogP contribution in [0.2, 0.25) is 0 Å². The molecular formula is C17H18O3. The first-order chi connectivity index (χ1) is 9.61. The van der Waals surface area contributed by atoms with E-state index in [2.05, 4.69) is 0 Å². The predicted molar refractivity (Wildman–Crippen MR) is 78.7 cm³/mol. The molecule has 0 atom stereocenters. The van der Waals surface area contributed by atoms with Gasteiger partial charge in [-0.15, -0.1) is 0 Å². The standard InChI is InChI=1S/C17H18O3/c1-12-8-9-16(17(10-12)19-3)20-11-15(18)14-7-5-4-6-13(14)2/h4-10H,11H2,1-3H3. The van der Waals surface area contributed by atoms with E-state index in [9.17, 15) is 4.79 Å². The van der Waals surface area contributed by atoms with Gasteiger partial charge in [-0.25, -0.2) is 0 Å². The molecule has 0 fully saturated rings. The molecule has 0 aliphatic heterocycles. The second-order valence-electron chi connectivity index (χ2n) is 4.68. The van der Waals surface area contributed by atoms with Gasteiger partial charge in [-0.3, -0.25) is 4.79 Å². The lowest BCUT2D eigenvalue weighted by Gasteiger charge is -2.11. The molecule has 0 radical (unpaired) electrons. The Kier molecular flexibility index (Phi) is 4.41. The minimum atomic E-state index is -0.0364. The van der Waals surface area contributed by atoms with Gasteiger partial charge < -0.3 is 9.47 Å². The third-order valence-electron chi connectivity index (χ3n) is 3.12. The average molecular weight is 270 g/mol. The molecule has 3 nitrogen and oxygen atoms in total. The summed E-state index contributed by atoms with van der Waals surface area (Å²) in [6, 6.07) is 13.1. The van der Waals surface area contributed by atoms with E-state index >= 15 is 0 Å². The van der Waals surface area contributed by atoms with Crippen molar-refractivity contribution in [3.05, 3.63) is 59.2 Å². The minimum Gasteiger partial charge on any atom is -0.493 e. The van der Waals surface area contributed by atoms with Gasteiger partial charge in [0, 0.05) is 5.56 Å². The highest BCUT2D eigenvalue weighted by molar-refractivity contribution is 5.98. The van der Waals surface area contributed by atoms with Crippen LogP contribution in [-0.4, -0.2) is 19.5 Å². The Hall–Kier alpha value is -2.29. The number of benzene rings is 2. The third kappa shape index (κ3) is 3.18. The molecule has 2 aromatic carbocycles. The molecule has 20 heavy (non-hydrogen) atoms. The zero-order chi connectivity index (χ0) is 14.5. The summed E-state index contributed by atoms with van der Waals surface area (Å²) in [6.07, 6.45) is 0. The van der Waals surface area contributed by atoms with Crippen LogP contribution >= 0.6 is 0 Å². The SMILES string of the molecule is COc1cc(C)ccc1OCC(=O)c1ccccc1C. The Bertz CT molecular complexity index is 617. The molecule has 0 heterocycles. The second-order valence-corrected chi connectivity index (χ2v) is 4.68. The molecule has 0 saturated heterocycles. The summed E-state index contributed by atoms with van der Waals surface area (Å²) < 4.78 is 10.8. The fourth-order valence-corrected chi connectivity index (χ4v) is 2.00. The van der Waals surface area contributed by atoms with Crippen LogP contribution in [0.5, 0.6) is 11.5 Å². The van der Waals surface area contributed by atoms with E-state index in [0.29, 0.717) is 17.1 Å². The Balaban J connectivity index is 2.09. The van der Waals surface area contributed by atoms with E-state index in [4.69, 9.17) is 9.47 Å². The number of aryl methyl sites for hydroxylation is 2. The van der Waals surface area contributed by atoms with Gasteiger partial charge in [-0.2, -0.15) is 0 Å². The van der Waals surface area contributed by atoms with Crippen molar-refractivity contribution < 1.29 is 14.3 Å². The van der Waals surface area contributed by atoms with Crippen molar-refractivity contribution in [2.24, 2.45) is 0 Å². The first kappa shape index (κ1) is 14.1.